The second-order valence-electron chi connectivity index (χ2n) is 4.94. The first-order chi connectivity index (χ1) is 10.2. The van der Waals surface area contributed by atoms with Crippen molar-refractivity contribution in [2.45, 2.75) is 26.7 Å². The predicted molar refractivity (Wildman–Crippen MR) is 84.3 cm³/mol. The van der Waals surface area contributed by atoms with Gasteiger partial charge in [0.15, 0.2) is 5.82 Å². The molecule has 0 radical (unpaired) electrons. The Morgan fingerprint density at radius 2 is 1.71 bits per heavy atom. The number of nitrogens with zero attached hydrogens (tertiary/aromatic N) is 2. The van der Waals surface area contributed by atoms with Crippen molar-refractivity contribution >= 4 is 17.5 Å². The van der Waals surface area contributed by atoms with E-state index in [2.05, 4.69) is 27.8 Å². The molecular weight excluding hydrogens is 264 g/mol. The molecule has 5 nitrogen and oxygen atoms in total. The molecule has 0 saturated carbocycles. The number of hydrogen-bond acceptors (Lipinski definition) is 4. The van der Waals surface area contributed by atoms with E-state index in [0.717, 1.165) is 18.5 Å². The summed E-state index contributed by atoms with van der Waals surface area (Å²) in [5.41, 5.74) is 2.16. The van der Waals surface area contributed by atoms with Crippen LogP contribution in [-0.4, -0.2) is 22.6 Å². The van der Waals surface area contributed by atoms with Crippen LogP contribution in [0.2, 0.25) is 0 Å². The number of rotatable bonds is 6. The van der Waals surface area contributed by atoms with E-state index in [4.69, 9.17) is 0 Å². The SMILES string of the molecule is CCCNc1ccc(NC(=O)Cc2ccc(C)cc2)nn1. The number of aryl methyl sites for hydroxylation is 1. The van der Waals surface area contributed by atoms with Crippen molar-refractivity contribution in [3.63, 3.8) is 0 Å². The van der Waals surface area contributed by atoms with Crippen molar-refractivity contribution in [3.8, 4) is 0 Å². The highest BCUT2D eigenvalue weighted by Crippen LogP contribution is 2.08. The van der Waals surface area contributed by atoms with Gasteiger partial charge in [-0.25, -0.2) is 0 Å². The van der Waals surface area contributed by atoms with E-state index >= 15 is 0 Å². The summed E-state index contributed by atoms with van der Waals surface area (Å²) in [5.74, 6) is 1.09. The van der Waals surface area contributed by atoms with Gasteiger partial charge in [-0.15, -0.1) is 10.2 Å². The Labute approximate surface area is 124 Å². The summed E-state index contributed by atoms with van der Waals surface area (Å²) in [7, 11) is 0. The van der Waals surface area contributed by atoms with Gasteiger partial charge in [0.1, 0.15) is 5.82 Å². The fourth-order valence-corrected chi connectivity index (χ4v) is 1.82. The number of amides is 1. The molecule has 110 valence electrons. The molecule has 0 aliphatic carbocycles. The van der Waals surface area contributed by atoms with E-state index in [1.165, 1.54) is 5.56 Å². The molecule has 1 aromatic heterocycles. The van der Waals surface area contributed by atoms with Gasteiger partial charge in [0.25, 0.3) is 0 Å². The van der Waals surface area contributed by atoms with Crippen molar-refractivity contribution in [3.05, 3.63) is 47.5 Å². The number of hydrogen-bond donors (Lipinski definition) is 2. The zero-order chi connectivity index (χ0) is 15.1. The summed E-state index contributed by atoms with van der Waals surface area (Å²) in [6.45, 7) is 4.96. The third kappa shape index (κ3) is 4.87. The highest BCUT2D eigenvalue weighted by molar-refractivity contribution is 5.91. The Balaban J connectivity index is 1.88. The zero-order valence-corrected chi connectivity index (χ0v) is 12.4. The van der Waals surface area contributed by atoms with Gasteiger partial charge in [0, 0.05) is 6.54 Å². The molecule has 2 rings (SSSR count). The molecule has 1 aromatic carbocycles. The molecule has 1 amide bonds. The van der Waals surface area contributed by atoms with Crippen molar-refractivity contribution < 1.29 is 4.79 Å². The summed E-state index contributed by atoms with van der Waals surface area (Å²) in [6, 6.07) is 11.5. The third-order valence-electron chi connectivity index (χ3n) is 2.97. The lowest BCUT2D eigenvalue weighted by molar-refractivity contribution is -0.115. The van der Waals surface area contributed by atoms with Crippen molar-refractivity contribution in [2.75, 3.05) is 17.2 Å². The quantitative estimate of drug-likeness (QED) is 0.856. The third-order valence-corrected chi connectivity index (χ3v) is 2.97. The lowest BCUT2D eigenvalue weighted by Gasteiger charge is -2.06. The van der Waals surface area contributed by atoms with Crippen LogP contribution in [0.4, 0.5) is 11.6 Å². The van der Waals surface area contributed by atoms with E-state index in [0.29, 0.717) is 18.1 Å². The van der Waals surface area contributed by atoms with Crippen LogP contribution < -0.4 is 10.6 Å². The Hall–Kier alpha value is -2.43. The van der Waals surface area contributed by atoms with Gasteiger partial charge in [-0.2, -0.15) is 0 Å². The van der Waals surface area contributed by atoms with E-state index < -0.39 is 0 Å². The summed E-state index contributed by atoms with van der Waals surface area (Å²) in [6.07, 6.45) is 1.36. The van der Waals surface area contributed by atoms with Crippen LogP contribution in [-0.2, 0) is 11.2 Å². The number of anilines is 2. The Kier molecular flexibility index (Phi) is 5.26. The topological polar surface area (TPSA) is 66.9 Å². The van der Waals surface area contributed by atoms with E-state index in [1.54, 1.807) is 6.07 Å². The van der Waals surface area contributed by atoms with E-state index in [9.17, 15) is 4.79 Å². The van der Waals surface area contributed by atoms with Crippen LogP contribution >= 0.6 is 0 Å². The molecule has 0 fully saturated rings. The van der Waals surface area contributed by atoms with Gasteiger partial charge in [0.05, 0.1) is 6.42 Å². The van der Waals surface area contributed by atoms with Crippen LogP contribution in [0.1, 0.15) is 24.5 Å². The molecule has 0 atom stereocenters. The number of carbonyl (C=O) groups excluding carboxylic acids is 1. The lowest BCUT2D eigenvalue weighted by atomic mass is 10.1. The molecule has 5 heteroatoms. The number of carbonyl (C=O) groups is 1. The highest BCUT2D eigenvalue weighted by Gasteiger charge is 2.05. The number of benzene rings is 1. The minimum absolute atomic E-state index is 0.0950. The van der Waals surface area contributed by atoms with E-state index in [1.807, 2.05) is 37.3 Å². The molecule has 0 saturated heterocycles. The summed E-state index contributed by atoms with van der Waals surface area (Å²) in [5, 5.41) is 13.9. The fraction of sp³-hybridized carbons (Fsp3) is 0.312. The first-order valence-electron chi connectivity index (χ1n) is 7.10. The van der Waals surface area contributed by atoms with Crippen LogP contribution in [0.25, 0.3) is 0 Å². The molecule has 1 heterocycles. The second kappa shape index (κ2) is 7.38. The lowest BCUT2D eigenvalue weighted by Crippen LogP contribution is -2.16. The van der Waals surface area contributed by atoms with E-state index in [-0.39, 0.29) is 5.91 Å². The average Bonchev–Trinajstić information content (AvgIpc) is 2.49. The fourth-order valence-electron chi connectivity index (χ4n) is 1.82. The Morgan fingerprint density at radius 1 is 1.05 bits per heavy atom. The van der Waals surface area contributed by atoms with Gasteiger partial charge in [-0.3, -0.25) is 4.79 Å². The molecule has 0 bridgehead atoms. The van der Waals surface area contributed by atoms with Crippen LogP contribution in [0.15, 0.2) is 36.4 Å². The molecule has 2 N–H and O–H groups in total. The maximum Gasteiger partial charge on any atom is 0.229 e. The van der Waals surface area contributed by atoms with Crippen molar-refractivity contribution in [1.82, 2.24) is 10.2 Å². The van der Waals surface area contributed by atoms with Gasteiger partial charge < -0.3 is 10.6 Å². The minimum atomic E-state index is -0.0950. The maximum absolute atomic E-state index is 11.9. The Morgan fingerprint density at radius 3 is 2.33 bits per heavy atom. The van der Waals surface area contributed by atoms with Crippen LogP contribution in [0, 0.1) is 6.92 Å². The summed E-state index contributed by atoms with van der Waals surface area (Å²) in [4.78, 5) is 11.9. The van der Waals surface area contributed by atoms with Crippen LogP contribution in [0.5, 0.6) is 0 Å². The monoisotopic (exact) mass is 284 g/mol. The van der Waals surface area contributed by atoms with Gasteiger partial charge >= 0.3 is 0 Å². The molecule has 0 unspecified atom stereocenters. The number of aromatic nitrogens is 2. The minimum Gasteiger partial charge on any atom is -0.369 e. The average molecular weight is 284 g/mol. The highest BCUT2D eigenvalue weighted by atomic mass is 16.1. The smallest absolute Gasteiger partial charge is 0.229 e. The molecule has 2 aromatic rings. The standard InChI is InChI=1S/C16H20N4O/c1-3-10-17-14-8-9-15(20-19-14)18-16(21)11-13-6-4-12(2)5-7-13/h4-9H,3,10-11H2,1-2H3,(H,17,19)(H,18,20,21). The van der Waals surface area contributed by atoms with Crippen LogP contribution in [0.3, 0.4) is 0 Å². The second-order valence-corrected chi connectivity index (χ2v) is 4.94. The summed E-state index contributed by atoms with van der Waals surface area (Å²) < 4.78 is 0. The first-order valence-corrected chi connectivity index (χ1v) is 7.10. The maximum atomic E-state index is 11.9. The number of nitrogens with one attached hydrogen (secondary N) is 2. The van der Waals surface area contributed by atoms with Crippen molar-refractivity contribution in [2.24, 2.45) is 0 Å². The Bertz CT molecular complexity index is 578. The van der Waals surface area contributed by atoms with Gasteiger partial charge in [-0.05, 0) is 31.0 Å². The zero-order valence-electron chi connectivity index (χ0n) is 12.4. The van der Waals surface area contributed by atoms with Gasteiger partial charge in [0.2, 0.25) is 5.91 Å². The first kappa shape index (κ1) is 15.0. The van der Waals surface area contributed by atoms with Gasteiger partial charge in [-0.1, -0.05) is 36.8 Å². The molecule has 0 spiro atoms. The molecule has 21 heavy (non-hydrogen) atoms. The predicted octanol–water partition coefficient (Wildman–Crippen LogP) is 2.79. The van der Waals surface area contributed by atoms with Crippen molar-refractivity contribution in [1.29, 1.82) is 0 Å². The summed E-state index contributed by atoms with van der Waals surface area (Å²) >= 11 is 0. The molecular formula is C16H20N4O. The largest absolute Gasteiger partial charge is 0.369 e. The molecule has 0 aliphatic heterocycles. The normalized spacial score (nSPS) is 10.2. The molecule has 0 aliphatic rings.